The summed E-state index contributed by atoms with van der Waals surface area (Å²) in [5.41, 5.74) is 0. The van der Waals surface area contributed by atoms with E-state index in [0.717, 1.165) is 25.9 Å². The first-order valence-electron chi connectivity index (χ1n) is 7.43. The van der Waals surface area contributed by atoms with Crippen LogP contribution in [0.3, 0.4) is 0 Å². The summed E-state index contributed by atoms with van der Waals surface area (Å²) in [6, 6.07) is 0.783. The summed E-state index contributed by atoms with van der Waals surface area (Å²) in [5, 5.41) is 6.29. The third-order valence-corrected chi connectivity index (χ3v) is 4.15. The van der Waals surface area contributed by atoms with E-state index in [1.807, 2.05) is 4.90 Å². The second-order valence-electron chi connectivity index (χ2n) is 5.72. The molecule has 2 fully saturated rings. The summed E-state index contributed by atoms with van der Waals surface area (Å²) in [4.78, 5) is 25.0. The lowest BCUT2D eigenvalue weighted by Gasteiger charge is -2.32. The normalized spacial score (nSPS) is 21.6. The van der Waals surface area contributed by atoms with Gasteiger partial charge in [0.05, 0.1) is 6.54 Å². The number of nitrogens with one attached hydrogen (secondary N) is 2. The van der Waals surface area contributed by atoms with Gasteiger partial charge in [0, 0.05) is 32.1 Å². The van der Waals surface area contributed by atoms with Crippen LogP contribution in [0.1, 0.15) is 45.4 Å². The van der Waals surface area contributed by atoms with Crippen LogP contribution >= 0.6 is 0 Å². The van der Waals surface area contributed by atoms with Gasteiger partial charge in [-0.3, -0.25) is 9.59 Å². The molecule has 0 atom stereocenters. The Kier molecular flexibility index (Phi) is 5.19. The van der Waals surface area contributed by atoms with Crippen LogP contribution in [-0.2, 0) is 9.59 Å². The van der Waals surface area contributed by atoms with Crippen LogP contribution in [0.5, 0.6) is 0 Å². The van der Waals surface area contributed by atoms with E-state index in [1.54, 1.807) is 6.92 Å². The predicted octanol–water partition coefficient (Wildman–Crippen LogP) is 0.646. The summed E-state index contributed by atoms with van der Waals surface area (Å²) >= 11 is 0. The van der Waals surface area contributed by atoms with Crippen molar-refractivity contribution in [1.82, 2.24) is 15.5 Å². The second-order valence-corrected chi connectivity index (χ2v) is 5.72. The van der Waals surface area contributed by atoms with Gasteiger partial charge in [-0.1, -0.05) is 12.8 Å². The van der Waals surface area contributed by atoms with Crippen LogP contribution in [-0.4, -0.2) is 48.4 Å². The molecule has 5 nitrogen and oxygen atoms in total. The Bertz CT molecular complexity index is 319. The number of carbonyl (C=O) groups excluding carboxylic acids is 2. The molecular formula is C14H25N3O2. The molecule has 1 saturated heterocycles. The Morgan fingerprint density at radius 2 is 1.68 bits per heavy atom. The fourth-order valence-corrected chi connectivity index (χ4v) is 3.03. The summed E-state index contributed by atoms with van der Waals surface area (Å²) in [6.07, 6.45) is 6.72. The zero-order valence-corrected chi connectivity index (χ0v) is 11.8. The maximum Gasteiger partial charge on any atom is 0.236 e. The predicted molar refractivity (Wildman–Crippen MR) is 73.7 cm³/mol. The molecule has 19 heavy (non-hydrogen) atoms. The zero-order chi connectivity index (χ0) is 13.7. The van der Waals surface area contributed by atoms with Gasteiger partial charge in [-0.25, -0.2) is 0 Å². The fraction of sp³-hybridized carbons (Fsp3) is 0.857. The second kappa shape index (κ2) is 6.89. The number of hydrogen-bond donors (Lipinski definition) is 2. The zero-order valence-electron chi connectivity index (χ0n) is 11.8. The Hall–Kier alpha value is -1.10. The number of amides is 2. The largest absolute Gasteiger partial charge is 0.353 e. The fourth-order valence-electron chi connectivity index (χ4n) is 3.03. The molecule has 2 amide bonds. The van der Waals surface area contributed by atoms with Crippen molar-refractivity contribution < 1.29 is 9.59 Å². The van der Waals surface area contributed by atoms with E-state index in [2.05, 4.69) is 10.6 Å². The van der Waals surface area contributed by atoms with E-state index in [9.17, 15) is 9.59 Å². The van der Waals surface area contributed by atoms with E-state index in [1.165, 1.54) is 25.7 Å². The third-order valence-electron chi connectivity index (χ3n) is 4.15. The summed E-state index contributed by atoms with van der Waals surface area (Å²) in [5.74, 6) is 0.223. The number of carbonyl (C=O) groups is 2. The minimum Gasteiger partial charge on any atom is -0.353 e. The molecule has 108 valence electrons. The van der Waals surface area contributed by atoms with Crippen molar-refractivity contribution in [2.24, 2.45) is 0 Å². The van der Waals surface area contributed by atoms with E-state index >= 15 is 0 Å². The molecule has 0 aromatic heterocycles. The number of nitrogens with zero attached hydrogens (tertiary/aromatic N) is 1. The Morgan fingerprint density at radius 3 is 2.26 bits per heavy atom. The first-order chi connectivity index (χ1) is 9.15. The van der Waals surface area contributed by atoms with Crippen molar-refractivity contribution in [2.45, 2.75) is 57.5 Å². The van der Waals surface area contributed by atoms with E-state index in [4.69, 9.17) is 0 Å². The molecule has 1 aliphatic heterocycles. The van der Waals surface area contributed by atoms with Gasteiger partial charge in [0.15, 0.2) is 0 Å². The lowest BCUT2D eigenvalue weighted by molar-refractivity contribution is -0.131. The van der Waals surface area contributed by atoms with Gasteiger partial charge in [-0.15, -0.1) is 0 Å². The molecule has 0 aromatic rings. The van der Waals surface area contributed by atoms with Crippen molar-refractivity contribution in [3.05, 3.63) is 0 Å². The van der Waals surface area contributed by atoms with Crippen LogP contribution < -0.4 is 10.6 Å². The van der Waals surface area contributed by atoms with Gasteiger partial charge in [0.25, 0.3) is 0 Å². The summed E-state index contributed by atoms with van der Waals surface area (Å²) in [6.45, 7) is 3.53. The van der Waals surface area contributed by atoms with Gasteiger partial charge < -0.3 is 15.5 Å². The van der Waals surface area contributed by atoms with E-state index in [0.29, 0.717) is 12.6 Å². The topological polar surface area (TPSA) is 61.4 Å². The first-order valence-corrected chi connectivity index (χ1v) is 7.43. The Labute approximate surface area is 115 Å². The smallest absolute Gasteiger partial charge is 0.236 e. The maximum atomic E-state index is 12.1. The van der Waals surface area contributed by atoms with Crippen LogP contribution in [0, 0.1) is 0 Å². The Balaban J connectivity index is 1.65. The van der Waals surface area contributed by atoms with Crippen LogP contribution in [0.25, 0.3) is 0 Å². The Morgan fingerprint density at radius 1 is 1.05 bits per heavy atom. The maximum absolute atomic E-state index is 12.1. The number of rotatable bonds is 4. The average molecular weight is 267 g/mol. The monoisotopic (exact) mass is 267 g/mol. The lowest BCUT2D eigenvalue weighted by Crippen LogP contribution is -2.48. The van der Waals surface area contributed by atoms with Crippen molar-refractivity contribution in [1.29, 1.82) is 0 Å². The summed E-state index contributed by atoms with van der Waals surface area (Å²) in [7, 11) is 0. The van der Waals surface area contributed by atoms with E-state index in [-0.39, 0.29) is 17.9 Å². The number of piperidine rings is 1. The minimum absolute atomic E-state index is 0.0210. The average Bonchev–Trinajstić information content (AvgIpc) is 2.89. The van der Waals surface area contributed by atoms with E-state index < -0.39 is 0 Å². The third kappa shape index (κ3) is 4.49. The highest BCUT2D eigenvalue weighted by molar-refractivity contribution is 5.78. The van der Waals surface area contributed by atoms with Crippen LogP contribution in [0.4, 0.5) is 0 Å². The minimum atomic E-state index is 0.0210. The number of hydrogen-bond acceptors (Lipinski definition) is 3. The van der Waals surface area contributed by atoms with Crippen molar-refractivity contribution in [2.75, 3.05) is 19.6 Å². The van der Waals surface area contributed by atoms with Gasteiger partial charge in [-0.2, -0.15) is 0 Å². The van der Waals surface area contributed by atoms with Crippen LogP contribution in [0.2, 0.25) is 0 Å². The quantitative estimate of drug-likeness (QED) is 0.786. The highest BCUT2D eigenvalue weighted by Crippen LogP contribution is 2.17. The number of likely N-dealkylation sites (tertiary alicyclic amines) is 1. The van der Waals surface area contributed by atoms with Gasteiger partial charge in [-0.05, 0) is 25.7 Å². The molecule has 0 aromatic carbocycles. The highest BCUT2D eigenvalue weighted by Gasteiger charge is 2.23. The van der Waals surface area contributed by atoms with Gasteiger partial charge in [0.1, 0.15) is 0 Å². The standard InChI is InChI=1S/C14H25N3O2/c1-11(18)16-13-6-8-17(9-7-13)14(19)10-15-12-4-2-3-5-12/h12-13,15H,2-10H2,1H3,(H,16,18). The van der Waals surface area contributed by atoms with Crippen molar-refractivity contribution in [3.8, 4) is 0 Å². The molecule has 1 saturated carbocycles. The molecule has 0 unspecified atom stereocenters. The summed E-state index contributed by atoms with van der Waals surface area (Å²) < 4.78 is 0. The molecule has 0 spiro atoms. The lowest BCUT2D eigenvalue weighted by atomic mass is 10.0. The molecule has 1 aliphatic carbocycles. The molecule has 0 radical (unpaired) electrons. The molecule has 2 rings (SSSR count). The molecular weight excluding hydrogens is 242 g/mol. The molecule has 1 heterocycles. The van der Waals surface area contributed by atoms with Crippen molar-refractivity contribution in [3.63, 3.8) is 0 Å². The first kappa shape index (κ1) is 14.3. The van der Waals surface area contributed by atoms with Crippen LogP contribution in [0.15, 0.2) is 0 Å². The molecule has 5 heteroatoms. The van der Waals surface area contributed by atoms with Gasteiger partial charge in [0.2, 0.25) is 11.8 Å². The van der Waals surface area contributed by atoms with Gasteiger partial charge >= 0.3 is 0 Å². The SMILES string of the molecule is CC(=O)NC1CCN(C(=O)CNC2CCCC2)CC1. The molecule has 0 bridgehead atoms. The van der Waals surface area contributed by atoms with Crippen molar-refractivity contribution >= 4 is 11.8 Å². The molecule has 2 aliphatic rings. The highest BCUT2D eigenvalue weighted by atomic mass is 16.2. The molecule has 2 N–H and O–H groups in total.